The van der Waals surface area contributed by atoms with Gasteiger partial charge >= 0.3 is 0 Å². The summed E-state index contributed by atoms with van der Waals surface area (Å²) in [4.78, 5) is 4.35. The summed E-state index contributed by atoms with van der Waals surface area (Å²) in [5.41, 5.74) is 2.30. The Morgan fingerprint density at radius 2 is 1.73 bits per heavy atom. The Balaban J connectivity index is 0.00000320. The Morgan fingerprint density at radius 1 is 1.07 bits per heavy atom. The molecule has 1 aliphatic rings. The number of nitrogens with one attached hydrogen (secondary N) is 2. The lowest BCUT2D eigenvalue weighted by molar-refractivity contribution is 0.0513. The van der Waals surface area contributed by atoms with Crippen molar-refractivity contribution in [1.82, 2.24) is 10.6 Å². The first-order chi connectivity index (χ1) is 14.1. The molecule has 30 heavy (non-hydrogen) atoms. The van der Waals surface area contributed by atoms with Gasteiger partial charge in [0, 0.05) is 38.8 Å². The van der Waals surface area contributed by atoms with Crippen LogP contribution in [-0.4, -0.2) is 46.4 Å². The molecule has 0 bridgehead atoms. The van der Waals surface area contributed by atoms with Crippen molar-refractivity contribution < 1.29 is 13.9 Å². The second-order valence-electron chi connectivity index (χ2n) is 7.35. The third-order valence-corrected chi connectivity index (χ3v) is 5.59. The average Bonchev–Trinajstić information content (AvgIpc) is 2.77. The number of hydrogen-bond acceptors (Lipinski definition) is 3. The summed E-state index contributed by atoms with van der Waals surface area (Å²) in [5, 5.41) is 6.85. The third kappa shape index (κ3) is 6.57. The van der Waals surface area contributed by atoms with E-state index in [2.05, 4.69) is 27.8 Å². The molecule has 5 nitrogen and oxygen atoms in total. The molecule has 1 aliphatic heterocycles. The Hall–Kier alpha value is -1.87. The molecular formula is C23H31FIN3O2. The van der Waals surface area contributed by atoms with E-state index in [9.17, 15) is 4.39 Å². The van der Waals surface area contributed by atoms with Gasteiger partial charge in [-0.2, -0.15) is 0 Å². The van der Waals surface area contributed by atoms with Gasteiger partial charge in [-0.15, -0.1) is 24.0 Å². The van der Waals surface area contributed by atoms with E-state index in [1.54, 1.807) is 14.2 Å². The Bertz CT molecular complexity index is 791. The fraction of sp³-hybridized carbons (Fsp3) is 0.435. The quantitative estimate of drug-likeness (QED) is 0.326. The first-order valence-electron chi connectivity index (χ1n) is 10.1. The zero-order valence-corrected chi connectivity index (χ0v) is 19.9. The summed E-state index contributed by atoms with van der Waals surface area (Å²) in [6.45, 7) is 2.92. The van der Waals surface area contributed by atoms with Gasteiger partial charge in [-0.05, 0) is 54.7 Å². The summed E-state index contributed by atoms with van der Waals surface area (Å²) >= 11 is 0. The lowest BCUT2D eigenvalue weighted by Crippen LogP contribution is -2.48. The molecule has 0 radical (unpaired) electrons. The predicted molar refractivity (Wildman–Crippen MR) is 130 cm³/mol. The highest BCUT2D eigenvalue weighted by Crippen LogP contribution is 2.34. The molecule has 1 saturated heterocycles. The van der Waals surface area contributed by atoms with Crippen LogP contribution in [0.3, 0.4) is 0 Å². The van der Waals surface area contributed by atoms with Crippen molar-refractivity contribution >= 4 is 29.9 Å². The maximum atomic E-state index is 13.4. The monoisotopic (exact) mass is 527 g/mol. The van der Waals surface area contributed by atoms with Crippen molar-refractivity contribution in [3.63, 3.8) is 0 Å². The van der Waals surface area contributed by atoms with Gasteiger partial charge < -0.3 is 20.1 Å². The smallest absolute Gasteiger partial charge is 0.191 e. The maximum absolute atomic E-state index is 13.4. The molecule has 0 spiro atoms. The van der Waals surface area contributed by atoms with Crippen LogP contribution in [-0.2, 0) is 16.6 Å². The summed E-state index contributed by atoms with van der Waals surface area (Å²) in [5.74, 6) is 1.42. The highest BCUT2D eigenvalue weighted by atomic mass is 127. The number of halogens is 2. The van der Waals surface area contributed by atoms with E-state index >= 15 is 0 Å². The van der Waals surface area contributed by atoms with Gasteiger partial charge in [-0.25, -0.2) is 4.39 Å². The van der Waals surface area contributed by atoms with Gasteiger partial charge in [-0.1, -0.05) is 24.3 Å². The maximum Gasteiger partial charge on any atom is 0.191 e. The number of guanidine groups is 1. The number of nitrogens with zero attached hydrogens (tertiary/aromatic N) is 1. The van der Waals surface area contributed by atoms with Gasteiger partial charge in [0.2, 0.25) is 0 Å². The molecule has 0 aliphatic carbocycles. The zero-order valence-electron chi connectivity index (χ0n) is 17.6. The highest BCUT2D eigenvalue weighted by Gasteiger charge is 2.34. The number of benzene rings is 2. The molecule has 0 aromatic heterocycles. The normalized spacial score (nSPS) is 15.8. The highest BCUT2D eigenvalue weighted by molar-refractivity contribution is 14.0. The van der Waals surface area contributed by atoms with Crippen LogP contribution in [0.1, 0.15) is 24.0 Å². The van der Waals surface area contributed by atoms with Crippen molar-refractivity contribution in [2.75, 3.05) is 40.5 Å². The zero-order chi connectivity index (χ0) is 20.5. The van der Waals surface area contributed by atoms with E-state index in [0.717, 1.165) is 49.6 Å². The van der Waals surface area contributed by atoms with Crippen LogP contribution in [0.2, 0.25) is 0 Å². The molecule has 1 fully saturated rings. The van der Waals surface area contributed by atoms with Crippen LogP contribution in [0.4, 0.5) is 4.39 Å². The number of aliphatic imine (C=N–C) groups is 1. The topological polar surface area (TPSA) is 54.9 Å². The van der Waals surface area contributed by atoms with Crippen molar-refractivity contribution in [2.45, 2.75) is 24.7 Å². The molecule has 3 rings (SSSR count). The lowest BCUT2D eigenvalue weighted by Gasteiger charge is -2.38. The minimum absolute atomic E-state index is 0. The Labute approximate surface area is 195 Å². The molecule has 7 heteroatoms. The van der Waals surface area contributed by atoms with Gasteiger partial charge in [0.1, 0.15) is 11.6 Å². The van der Waals surface area contributed by atoms with Crippen molar-refractivity contribution in [1.29, 1.82) is 0 Å². The number of hydrogen-bond donors (Lipinski definition) is 2. The molecule has 164 valence electrons. The minimum atomic E-state index is -0.208. The van der Waals surface area contributed by atoms with E-state index in [0.29, 0.717) is 13.2 Å². The van der Waals surface area contributed by atoms with Gasteiger partial charge in [0.15, 0.2) is 5.96 Å². The van der Waals surface area contributed by atoms with E-state index < -0.39 is 0 Å². The predicted octanol–water partition coefficient (Wildman–Crippen LogP) is 3.91. The Kier molecular flexibility index (Phi) is 9.84. The Morgan fingerprint density at radius 3 is 2.33 bits per heavy atom. The molecule has 2 aromatic rings. The number of methoxy groups -OCH3 is 1. The van der Waals surface area contributed by atoms with Crippen LogP contribution < -0.4 is 15.4 Å². The summed E-state index contributed by atoms with van der Waals surface area (Å²) in [6.07, 6.45) is 2.69. The standard InChI is InChI=1S/C23H30FN3O2.HI/c1-25-22(26-14-11-18-3-9-21(28-2)10-4-18)27-17-23(12-15-29-16-13-23)19-5-7-20(24)8-6-19;/h3-10H,11-17H2,1-2H3,(H2,25,26,27);1H. The second-order valence-corrected chi connectivity index (χ2v) is 7.35. The molecular weight excluding hydrogens is 496 g/mol. The molecule has 2 aromatic carbocycles. The molecule has 0 amide bonds. The molecule has 2 N–H and O–H groups in total. The number of ether oxygens (including phenoxy) is 2. The van der Waals surface area contributed by atoms with Gasteiger partial charge in [0.05, 0.1) is 7.11 Å². The molecule has 0 unspecified atom stereocenters. The fourth-order valence-corrected chi connectivity index (χ4v) is 3.72. The van der Waals surface area contributed by atoms with Crippen LogP contribution in [0.15, 0.2) is 53.5 Å². The molecule has 0 saturated carbocycles. The van der Waals surface area contributed by atoms with Gasteiger partial charge in [-0.3, -0.25) is 4.99 Å². The largest absolute Gasteiger partial charge is 0.497 e. The van der Waals surface area contributed by atoms with Crippen LogP contribution >= 0.6 is 24.0 Å². The summed E-state index contributed by atoms with van der Waals surface area (Å²) in [6, 6.07) is 14.9. The van der Waals surface area contributed by atoms with Crippen LogP contribution in [0, 0.1) is 5.82 Å². The summed E-state index contributed by atoms with van der Waals surface area (Å²) < 4.78 is 24.2. The third-order valence-electron chi connectivity index (χ3n) is 5.59. The van der Waals surface area contributed by atoms with Crippen molar-refractivity contribution in [3.05, 3.63) is 65.5 Å². The molecule has 1 heterocycles. The molecule has 0 atom stereocenters. The van der Waals surface area contributed by atoms with E-state index in [1.165, 1.54) is 17.7 Å². The number of rotatable bonds is 7. The van der Waals surface area contributed by atoms with Crippen LogP contribution in [0.25, 0.3) is 0 Å². The average molecular weight is 527 g/mol. The minimum Gasteiger partial charge on any atom is -0.497 e. The van der Waals surface area contributed by atoms with Gasteiger partial charge in [0.25, 0.3) is 0 Å². The first kappa shape index (κ1) is 24.4. The second kappa shape index (κ2) is 12.1. The lowest BCUT2D eigenvalue weighted by atomic mass is 9.74. The van der Waals surface area contributed by atoms with E-state index in [4.69, 9.17) is 9.47 Å². The fourth-order valence-electron chi connectivity index (χ4n) is 3.72. The first-order valence-corrected chi connectivity index (χ1v) is 10.1. The van der Waals surface area contributed by atoms with E-state index in [-0.39, 0.29) is 35.2 Å². The van der Waals surface area contributed by atoms with Crippen LogP contribution in [0.5, 0.6) is 5.75 Å². The van der Waals surface area contributed by atoms with Crippen molar-refractivity contribution in [2.24, 2.45) is 4.99 Å². The SMILES string of the molecule is CN=C(NCCc1ccc(OC)cc1)NCC1(c2ccc(F)cc2)CCOCC1.I. The summed E-state index contributed by atoms with van der Waals surface area (Å²) in [7, 11) is 3.45. The van der Waals surface area contributed by atoms with E-state index in [1.807, 2.05) is 24.3 Å². The van der Waals surface area contributed by atoms with Crippen molar-refractivity contribution in [3.8, 4) is 5.75 Å².